The highest BCUT2D eigenvalue weighted by molar-refractivity contribution is 5.96. The van der Waals surface area contributed by atoms with Gasteiger partial charge in [0.25, 0.3) is 0 Å². The number of hydrogen-bond donors (Lipinski definition) is 0. The second-order valence-electron chi connectivity index (χ2n) is 16.9. The van der Waals surface area contributed by atoms with E-state index in [9.17, 15) is 0 Å². The summed E-state index contributed by atoms with van der Waals surface area (Å²) in [5.41, 5.74) is 19.7. The van der Waals surface area contributed by atoms with Gasteiger partial charge in [0.2, 0.25) is 0 Å². The van der Waals surface area contributed by atoms with Crippen LogP contribution in [-0.4, -0.2) is 0 Å². The Hall–Kier alpha value is -6.44. The van der Waals surface area contributed by atoms with Crippen molar-refractivity contribution in [1.82, 2.24) is 0 Å². The van der Waals surface area contributed by atoms with Crippen LogP contribution >= 0.6 is 0 Å². The molecule has 2 aliphatic rings. The van der Waals surface area contributed by atoms with Crippen LogP contribution in [0.25, 0.3) is 55.6 Å². The van der Waals surface area contributed by atoms with Gasteiger partial charge in [0.15, 0.2) is 0 Å². The average Bonchev–Trinajstić information content (AvgIpc) is 3.53. The molecule has 0 aliphatic heterocycles. The van der Waals surface area contributed by atoms with Crippen molar-refractivity contribution in [1.29, 1.82) is 0 Å². The van der Waals surface area contributed by atoms with E-state index in [2.05, 4.69) is 214 Å². The van der Waals surface area contributed by atoms with Gasteiger partial charge in [-0.2, -0.15) is 0 Å². The lowest BCUT2D eigenvalue weighted by molar-refractivity contribution is 0.403. The van der Waals surface area contributed by atoms with Crippen molar-refractivity contribution in [3.05, 3.63) is 217 Å². The molecule has 1 fully saturated rings. The van der Waals surface area contributed by atoms with Gasteiger partial charge in [-0.05, 0) is 135 Å². The smallest absolute Gasteiger partial charge is 0.0465 e. The molecule has 2 aliphatic carbocycles. The fraction of sp³-hybridized carbons (Fsp3) is 0.172. The van der Waals surface area contributed by atoms with E-state index in [0.717, 1.165) is 17.1 Å². The van der Waals surface area contributed by atoms with E-state index in [0.29, 0.717) is 5.92 Å². The predicted molar refractivity (Wildman–Crippen MR) is 253 cm³/mol. The zero-order chi connectivity index (χ0) is 40.3. The lowest BCUT2D eigenvalue weighted by Gasteiger charge is -2.29. The molecule has 0 saturated heterocycles. The van der Waals surface area contributed by atoms with E-state index in [1.165, 1.54) is 104 Å². The summed E-state index contributed by atoms with van der Waals surface area (Å²) < 4.78 is 0. The molecule has 0 atom stereocenters. The summed E-state index contributed by atoms with van der Waals surface area (Å²) in [6, 6.07) is 62.3. The molecule has 59 heavy (non-hydrogen) atoms. The number of fused-ring (bicyclic) bond motifs is 3. The first-order chi connectivity index (χ1) is 28.9. The van der Waals surface area contributed by atoms with Gasteiger partial charge in [-0.1, -0.05) is 191 Å². The van der Waals surface area contributed by atoms with E-state index in [-0.39, 0.29) is 5.41 Å². The van der Waals surface area contributed by atoms with Crippen LogP contribution < -0.4 is 4.90 Å². The van der Waals surface area contributed by atoms with Crippen LogP contribution in [-0.2, 0) is 5.41 Å². The summed E-state index contributed by atoms with van der Waals surface area (Å²) in [7, 11) is 0. The van der Waals surface area contributed by atoms with E-state index < -0.39 is 0 Å². The Morgan fingerprint density at radius 1 is 0.508 bits per heavy atom. The van der Waals surface area contributed by atoms with E-state index in [1.54, 1.807) is 0 Å². The Bertz CT molecular complexity index is 2670. The van der Waals surface area contributed by atoms with Gasteiger partial charge in [0, 0.05) is 22.5 Å². The first kappa shape index (κ1) is 38.1. The van der Waals surface area contributed by atoms with Gasteiger partial charge >= 0.3 is 0 Å². The largest absolute Gasteiger partial charge is 0.311 e. The van der Waals surface area contributed by atoms with Crippen LogP contribution in [0.5, 0.6) is 0 Å². The maximum Gasteiger partial charge on any atom is 0.0465 e. The van der Waals surface area contributed by atoms with Crippen molar-refractivity contribution < 1.29 is 0 Å². The van der Waals surface area contributed by atoms with Gasteiger partial charge in [-0.3, -0.25) is 0 Å². The Morgan fingerprint density at radius 3 is 1.81 bits per heavy atom. The molecule has 0 radical (unpaired) electrons. The van der Waals surface area contributed by atoms with Gasteiger partial charge in [-0.25, -0.2) is 0 Å². The third-order valence-corrected chi connectivity index (χ3v) is 12.9. The van der Waals surface area contributed by atoms with Crippen molar-refractivity contribution in [2.75, 3.05) is 4.90 Å². The fourth-order valence-electron chi connectivity index (χ4n) is 9.66. The standard InChI is InChI=1S/C58H53N/c1-5-48(34-31-41(2)42-19-9-6-10-20-42)59(50-37-38-54-53-27-15-16-30-55(53)58(3,4)56(54)40-50)49-35-32-45(33-36-49)57-51(44-23-13-8-14-24-44)28-18-29-52(57)47-26-17-25-46(39-47)43-21-11-7-12-22-43/h5,7-8,11-18,21-40,42H,1,6,9-10,19-20H2,2-4H3/b41-31+,48-34+. The first-order valence-electron chi connectivity index (χ1n) is 21.4. The maximum atomic E-state index is 4.40. The van der Waals surface area contributed by atoms with Crippen LogP contribution in [0.3, 0.4) is 0 Å². The molecule has 1 saturated carbocycles. The normalized spacial score (nSPS) is 15.0. The molecular formula is C58H53N. The number of allylic oxidation sites excluding steroid dienone is 4. The molecule has 1 heteroatoms. The molecule has 7 aromatic rings. The third-order valence-electron chi connectivity index (χ3n) is 12.9. The molecule has 0 bridgehead atoms. The summed E-state index contributed by atoms with van der Waals surface area (Å²) in [5, 5.41) is 0. The number of nitrogens with zero attached hydrogens (tertiary/aromatic N) is 1. The highest BCUT2D eigenvalue weighted by Crippen LogP contribution is 2.50. The van der Waals surface area contributed by atoms with Crippen molar-refractivity contribution in [2.24, 2.45) is 5.92 Å². The minimum atomic E-state index is -0.109. The minimum absolute atomic E-state index is 0.109. The van der Waals surface area contributed by atoms with Crippen LogP contribution in [0.4, 0.5) is 11.4 Å². The maximum absolute atomic E-state index is 4.40. The zero-order valence-corrected chi connectivity index (χ0v) is 34.7. The van der Waals surface area contributed by atoms with Gasteiger partial charge in [0.1, 0.15) is 0 Å². The monoisotopic (exact) mass is 763 g/mol. The highest BCUT2D eigenvalue weighted by atomic mass is 15.1. The number of rotatable bonds is 10. The molecule has 290 valence electrons. The molecule has 9 rings (SSSR count). The van der Waals surface area contributed by atoms with Crippen LogP contribution in [0, 0.1) is 5.92 Å². The predicted octanol–water partition coefficient (Wildman–Crippen LogP) is 16.4. The molecule has 0 aromatic heterocycles. The van der Waals surface area contributed by atoms with E-state index in [1.807, 2.05) is 6.08 Å². The van der Waals surface area contributed by atoms with Crippen LogP contribution in [0.15, 0.2) is 206 Å². The van der Waals surface area contributed by atoms with Crippen molar-refractivity contribution in [2.45, 2.75) is 58.3 Å². The molecule has 0 unspecified atom stereocenters. The van der Waals surface area contributed by atoms with Crippen LogP contribution in [0.1, 0.15) is 64.0 Å². The minimum Gasteiger partial charge on any atom is -0.311 e. The summed E-state index contributed by atoms with van der Waals surface area (Å²) in [4.78, 5) is 2.40. The van der Waals surface area contributed by atoms with E-state index >= 15 is 0 Å². The number of benzene rings is 7. The lowest BCUT2D eigenvalue weighted by Crippen LogP contribution is -2.18. The topological polar surface area (TPSA) is 3.24 Å². The number of hydrogen-bond acceptors (Lipinski definition) is 1. The van der Waals surface area contributed by atoms with Gasteiger partial charge < -0.3 is 4.90 Å². The third kappa shape index (κ3) is 7.43. The fourth-order valence-corrected chi connectivity index (χ4v) is 9.66. The molecule has 7 aromatic carbocycles. The molecule has 0 spiro atoms. The second-order valence-corrected chi connectivity index (χ2v) is 16.9. The Kier molecular flexibility index (Phi) is 10.6. The summed E-state index contributed by atoms with van der Waals surface area (Å²) >= 11 is 0. The molecule has 0 heterocycles. The average molecular weight is 764 g/mol. The molecule has 0 amide bonds. The molecule has 0 N–H and O–H groups in total. The Labute approximate surface area is 351 Å². The van der Waals surface area contributed by atoms with Crippen molar-refractivity contribution >= 4 is 11.4 Å². The van der Waals surface area contributed by atoms with Crippen molar-refractivity contribution in [3.8, 4) is 55.6 Å². The zero-order valence-electron chi connectivity index (χ0n) is 34.7. The first-order valence-corrected chi connectivity index (χ1v) is 21.4. The summed E-state index contributed by atoms with van der Waals surface area (Å²) in [5.74, 6) is 0.658. The SMILES string of the molecule is C=C/C(=C\C=C(/C)C1CCCCC1)N(c1ccc(-c2c(-c3ccccc3)cccc2-c2cccc(-c3ccccc3)c2)cc1)c1ccc2c(c1)C(C)(C)c1ccccc1-2. The van der Waals surface area contributed by atoms with Crippen LogP contribution in [0.2, 0.25) is 0 Å². The van der Waals surface area contributed by atoms with E-state index in [4.69, 9.17) is 0 Å². The summed E-state index contributed by atoms with van der Waals surface area (Å²) in [6.07, 6.45) is 13.3. The van der Waals surface area contributed by atoms with Gasteiger partial charge in [0.05, 0.1) is 0 Å². The van der Waals surface area contributed by atoms with Gasteiger partial charge in [-0.15, -0.1) is 0 Å². The molecular weight excluding hydrogens is 711 g/mol. The van der Waals surface area contributed by atoms with Crippen molar-refractivity contribution in [3.63, 3.8) is 0 Å². The summed E-state index contributed by atoms with van der Waals surface area (Å²) in [6.45, 7) is 11.4. The highest BCUT2D eigenvalue weighted by Gasteiger charge is 2.35. The quantitative estimate of drug-likeness (QED) is 0.125. The lowest BCUT2D eigenvalue weighted by atomic mass is 9.82. The Balaban J connectivity index is 1.17. The molecule has 1 nitrogen and oxygen atoms in total. The Morgan fingerprint density at radius 2 is 1.08 bits per heavy atom. The number of anilines is 2. The second kappa shape index (κ2) is 16.4.